The number of pyridine rings is 1. The maximum Gasteiger partial charge on any atom is 0.257 e. The van der Waals surface area contributed by atoms with Crippen LogP contribution in [0.3, 0.4) is 0 Å². The lowest BCUT2D eigenvalue weighted by molar-refractivity contribution is 0.0673. The maximum atomic E-state index is 14.8. The molecule has 4 rings (SSSR count). The molecule has 0 aliphatic carbocycles. The first kappa shape index (κ1) is 25.5. The summed E-state index contributed by atoms with van der Waals surface area (Å²) >= 11 is 0. The topological polar surface area (TPSA) is 65.9 Å². The van der Waals surface area contributed by atoms with Crippen LogP contribution in [0.1, 0.15) is 49.9 Å². The Kier molecular flexibility index (Phi) is 8.02. The van der Waals surface area contributed by atoms with Crippen LogP contribution in [0.25, 0.3) is 11.3 Å². The van der Waals surface area contributed by atoms with Crippen LogP contribution < -0.4 is 4.74 Å². The number of ether oxygens (including phenoxy) is 1. The molecule has 2 fully saturated rings. The number of aromatic nitrogens is 1. The molecule has 1 aromatic heterocycles. The van der Waals surface area contributed by atoms with E-state index in [1.807, 2.05) is 6.07 Å². The molecule has 1 aromatic carbocycles. The highest BCUT2D eigenvalue weighted by Gasteiger charge is 2.30. The van der Waals surface area contributed by atoms with Crippen molar-refractivity contribution in [3.8, 4) is 17.0 Å². The molecule has 0 unspecified atom stereocenters. The summed E-state index contributed by atoms with van der Waals surface area (Å²) in [4.78, 5) is 20.9. The average Bonchev–Trinajstić information content (AvgIpc) is 3.31. The minimum Gasteiger partial charge on any atom is -0.492 e. The number of hydrogen-bond acceptors (Lipinski definition) is 5. The standard InChI is InChI=1S/C27H35F2N3O3/c1-27(2,29)18-31-12-9-19(10-13-31)17-35-22-6-8-25(30-15-22)20-5-7-23(24(28)14-20)26(34)32-11-3-4-21(32)16-33/h5-8,14-15,19,21,33H,3-4,9-13,16-18H2,1-2H3/t21-/m0/s1. The average molecular weight is 488 g/mol. The van der Waals surface area contributed by atoms with Gasteiger partial charge in [0.2, 0.25) is 0 Å². The first-order valence-corrected chi connectivity index (χ1v) is 12.5. The number of halogens is 2. The Morgan fingerprint density at radius 1 is 1.17 bits per heavy atom. The molecule has 8 heteroatoms. The van der Waals surface area contributed by atoms with Gasteiger partial charge in [0.15, 0.2) is 0 Å². The number of carbonyl (C=O) groups is 1. The first-order valence-electron chi connectivity index (χ1n) is 12.5. The summed E-state index contributed by atoms with van der Waals surface area (Å²) in [5, 5.41) is 9.46. The van der Waals surface area contributed by atoms with E-state index in [9.17, 15) is 18.7 Å². The monoisotopic (exact) mass is 487 g/mol. The second-order valence-corrected chi connectivity index (χ2v) is 10.3. The van der Waals surface area contributed by atoms with Crippen LogP contribution in [0.2, 0.25) is 0 Å². The van der Waals surface area contributed by atoms with E-state index in [1.54, 1.807) is 37.1 Å². The van der Waals surface area contributed by atoms with Crippen LogP contribution in [-0.4, -0.2) is 76.9 Å². The normalized spacial score (nSPS) is 19.8. The molecule has 35 heavy (non-hydrogen) atoms. The van der Waals surface area contributed by atoms with Crippen molar-refractivity contribution in [1.82, 2.24) is 14.8 Å². The number of alkyl halides is 1. The van der Waals surface area contributed by atoms with Crippen molar-refractivity contribution in [3.05, 3.63) is 47.9 Å². The van der Waals surface area contributed by atoms with Crippen LogP contribution in [0.4, 0.5) is 8.78 Å². The number of hydrogen-bond donors (Lipinski definition) is 1. The third-order valence-corrected chi connectivity index (χ3v) is 6.87. The lowest BCUT2D eigenvalue weighted by Crippen LogP contribution is -2.41. The fourth-order valence-corrected chi connectivity index (χ4v) is 4.99. The van der Waals surface area contributed by atoms with Crippen LogP contribution in [0, 0.1) is 11.7 Å². The zero-order chi connectivity index (χ0) is 25.0. The Hall–Kier alpha value is -2.58. The number of aliphatic hydroxyl groups is 1. The smallest absolute Gasteiger partial charge is 0.257 e. The number of rotatable bonds is 8. The van der Waals surface area contributed by atoms with Gasteiger partial charge in [0.1, 0.15) is 17.2 Å². The molecular weight excluding hydrogens is 452 g/mol. The molecule has 3 heterocycles. The van der Waals surface area contributed by atoms with Crippen molar-refractivity contribution in [2.75, 3.05) is 39.4 Å². The Balaban J connectivity index is 1.31. The number of benzene rings is 1. The Morgan fingerprint density at radius 3 is 2.57 bits per heavy atom. The van der Waals surface area contributed by atoms with E-state index < -0.39 is 11.5 Å². The van der Waals surface area contributed by atoms with Gasteiger partial charge in [-0.3, -0.25) is 9.78 Å². The number of piperidine rings is 1. The van der Waals surface area contributed by atoms with Gasteiger partial charge >= 0.3 is 0 Å². The molecule has 1 amide bonds. The van der Waals surface area contributed by atoms with E-state index in [0.29, 0.717) is 42.6 Å². The van der Waals surface area contributed by atoms with E-state index in [-0.39, 0.29) is 24.1 Å². The van der Waals surface area contributed by atoms with Gasteiger partial charge in [-0.25, -0.2) is 8.78 Å². The fraction of sp³-hybridized carbons (Fsp3) is 0.556. The molecule has 2 aliphatic heterocycles. The van der Waals surface area contributed by atoms with Crippen molar-refractivity contribution < 1.29 is 23.4 Å². The van der Waals surface area contributed by atoms with Gasteiger partial charge in [-0.15, -0.1) is 0 Å². The van der Waals surface area contributed by atoms with Crippen molar-refractivity contribution in [2.24, 2.45) is 5.92 Å². The summed E-state index contributed by atoms with van der Waals surface area (Å²) in [5.41, 5.74) is 0.00250. The van der Waals surface area contributed by atoms with Crippen LogP contribution in [-0.2, 0) is 0 Å². The molecule has 0 radical (unpaired) electrons. The summed E-state index contributed by atoms with van der Waals surface area (Å²) in [7, 11) is 0. The van der Waals surface area contributed by atoms with E-state index in [2.05, 4.69) is 9.88 Å². The number of aliphatic hydroxyl groups excluding tert-OH is 1. The summed E-state index contributed by atoms with van der Waals surface area (Å²) in [6.45, 7) is 6.45. The van der Waals surface area contributed by atoms with Gasteiger partial charge < -0.3 is 19.6 Å². The Bertz CT molecular complexity index is 1000. The van der Waals surface area contributed by atoms with E-state index in [1.165, 1.54) is 12.1 Å². The lowest BCUT2D eigenvalue weighted by atomic mass is 9.97. The highest BCUT2D eigenvalue weighted by molar-refractivity contribution is 5.95. The fourth-order valence-electron chi connectivity index (χ4n) is 4.99. The lowest BCUT2D eigenvalue weighted by Gasteiger charge is -2.34. The third-order valence-electron chi connectivity index (χ3n) is 6.87. The predicted molar refractivity (Wildman–Crippen MR) is 131 cm³/mol. The predicted octanol–water partition coefficient (Wildman–Crippen LogP) is 4.32. The third kappa shape index (κ3) is 6.55. The molecule has 190 valence electrons. The van der Waals surface area contributed by atoms with Gasteiger partial charge in [0, 0.05) is 18.7 Å². The molecular formula is C27H35F2N3O3. The highest BCUT2D eigenvalue weighted by Crippen LogP contribution is 2.26. The van der Waals surface area contributed by atoms with Crippen LogP contribution >= 0.6 is 0 Å². The first-order chi connectivity index (χ1) is 16.7. The zero-order valence-electron chi connectivity index (χ0n) is 20.6. The van der Waals surface area contributed by atoms with Gasteiger partial charge in [-0.2, -0.15) is 0 Å². The molecule has 0 saturated carbocycles. The highest BCUT2D eigenvalue weighted by atomic mass is 19.1. The summed E-state index contributed by atoms with van der Waals surface area (Å²) in [6.07, 6.45) is 5.12. The number of likely N-dealkylation sites (tertiary alicyclic amines) is 2. The molecule has 1 N–H and O–H groups in total. The molecule has 1 atom stereocenters. The molecule has 2 aromatic rings. The van der Waals surface area contributed by atoms with Crippen molar-refractivity contribution in [3.63, 3.8) is 0 Å². The largest absolute Gasteiger partial charge is 0.492 e. The Labute approximate surface area is 205 Å². The molecule has 2 saturated heterocycles. The minimum atomic E-state index is -1.17. The van der Waals surface area contributed by atoms with E-state index >= 15 is 0 Å². The van der Waals surface area contributed by atoms with Crippen molar-refractivity contribution in [1.29, 1.82) is 0 Å². The summed E-state index contributed by atoms with van der Waals surface area (Å²) < 4.78 is 34.6. The zero-order valence-corrected chi connectivity index (χ0v) is 20.6. The van der Waals surface area contributed by atoms with Gasteiger partial charge in [-0.05, 0) is 82.8 Å². The van der Waals surface area contributed by atoms with Gasteiger partial charge in [0.05, 0.1) is 36.7 Å². The molecule has 0 spiro atoms. The number of carbonyl (C=O) groups excluding carboxylic acids is 1. The van der Waals surface area contributed by atoms with E-state index in [4.69, 9.17) is 4.74 Å². The molecule has 6 nitrogen and oxygen atoms in total. The summed E-state index contributed by atoms with van der Waals surface area (Å²) in [5.74, 6) is 0.0912. The molecule has 0 bridgehead atoms. The Morgan fingerprint density at radius 2 is 1.94 bits per heavy atom. The number of nitrogens with zero attached hydrogens (tertiary/aromatic N) is 3. The SMILES string of the molecule is CC(C)(F)CN1CCC(COc2ccc(-c3ccc(C(=O)N4CCC[C@H]4CO)c(F)c3)nc2)CC1. The molecule has 2 aliphatic rings. The van der Waals surface area contributed by atoms with Crippen molar-refractivity contribution >= 4 is 5.91 Å². The van der Waals surface area contributed by atoms with Gasteiger partial charge in [0.25, 0.3) is 5.91 Å². The van der Waals surface area contributed by atoms with Gasteiger partial charge in [-0.1, -0.05) is 6.07 Å². The second kappa shape index (κ2) is 11.0. The quantitative estimate of drug-likeness (QED) is 0.601. The van der Waals surface area contributed by atoms with Crippen LogP contribution in [0.15, 0.2) is 36.5 Å². The maximum absolute atomic E-state index is 14.8. The summed E-state index contributed by atoms with van der Waals surface area (Å²) in [6, 6.07) is 7.85. The van der Waals surface area contributed by atoms with E-state index in [0.717, 1.165) is 38.8 Å². The van der Waals surface area contributed by atoms with Crippen molar-refractivity contribution in [2.45, 2.75) is 51.2 Å². The minimum absolute atomic E-state index is 0.00942. The second-order valence-electron chi connectivity index (χ2n) is 10.3. The van der Waals surface area contributed by atoms with Crippen LogP contribution in [0.5, 0.6) is 5.75 Å². The number of amides is 1.